The second kappa shape index (κ2) is 12.0. The number of aliphatic hydroxyl groups excluding tert-OH is 6. The Morgan fingerprint density at radius 3 is 1.78 bits per heavy atom. The predicted molar refractivity (Wildman–Crippen MR) is 121 cm³/mol. The lowest BCUT2D eigenvalue weighted by molar-refractivity contribution is -0.330. The van der Waals surface area contributed by atoms with E-state index >= 15 is 0 Å². The summed E-state index contributed by atoms with van der Waals surface area (Å²) < 4.78 is 22.6. The first-order valence-corrected chi connectivity index (χ1v) is 11.6. The first-order chi connectivity index (χ1) is 16.9. The highest BCUT2D eigenvalue weighted by molar-refractivity contribution is 5.75. The van der Waals surface area contributed by atoms with Gasteiger partial charge in [-0.25, -0.2) is 0 Å². The van der Waals surface area contributed by atoms with E-state index in [1.54, 1.807) is 0 Å². The number of nitrogens with zero attached hydrogens (tertiary/aromatic N) is 1. The fourth-order valence-electron chi connectivity index (χ4n) is 4.60. The van der Waals surface area contributed by atoms with E-state index in [0.717, 1.165) is 0 Å². The molecule has 0 bridgehead atoms. The topological polar surface area (TPSA) is 327 Å². The summed E-state index contributed by atoms with van der Waals surface area (Å²) in [6, 6.07) is -2.88. The van der Waals surface area contributed by atoms with Crippen LogP contribution in [0.2, 0.25) is 0 Å². The molecule has 2 aliphatic heterocycles. The molecule has 3 rings (SSSR count). The van der Waals surface area contributed by atoms with Crippen molar-refractivity contribution in [2.45, 2.75) is 98.2 Å². The molecule has 1 aliphatic carbocycles. The molecule has 18 N–H and O–H groups in total. The number of ether oxygens (including phenoxy) is 4. The molecular weight excluding hydrogens is 486 g/mol. The minimum atomic E-state index is -1.67. The molecule has 15 atom stereocenters. The average molecular weight is 526 g/mol. The van der Waals surface area contributed by atoms with Gasteiger partial charge in [0.15, 0.2) is 18.5 Å². The molecule has 0 spiro atoms. The van der Waals surface area contributed by atoms with E-state index in [2.05, 4.69) is 4.99 Å². The lowest BCUT2D eigenvalue weighted by Gasteiger charge is -2.48. The van der Waals surface area contributed by atoms with E-state index in [9.17, 15) is 30.6 Å². The second-order valence-electron chi connectivity index (χ2n) is 9.37. The maximum Gasteiger partial charge on any atom is 0.187 e. The Morgan fingerprint density at radius 1 is 0.722 bits per heavy atom. The van der Waals surface area contributed by atoms with Crippen molar-refractivity contribution in [2.24, 2.45) is 39.4 Å². The predicted octanol–water partition coefficient (Wildman–Crippen LogP) is -8.01. The molecule has 1 unspecified atom stereocenters. The zero-order chi connectivity index (χ0) is 26.9. The molecule has 3 aliphatic rings. The van der Waals surface area contributed by atoms with Gasteiger partial charge < -0.3 is 84.0 Å². The van der Waals surface area contributed by atoms with Gasteiger partial charge in [0.25, 0.3) is 0 Å². The molecule has 3 fully saturated rings. The van der Waals surface area contributed by atoms with Crippen molar-refractivity contribution in [3.63, 3.8) is 0 Å². The second-order valence-corrected chi connectivity index (χ2v) is 9.37. The van der Waals surface area contributed by atoms with Gasteiger partial charge in [-0.15, -0.1) is 0 Å². The highest BCUT2D eigenvalue weighted by Crippen LogP contribution is 2.31. The Kier molecular flexibility index (Phi) is 9.80. The van der Waals surface area contributed by atoms with E-state index in [4.69, 9.17) is 53.3 Å². The van der Waals surface area contributed by atoms with E-state index in [1.807, 2.05) is 0 Å². The van der Waals surface area contributed by atoms with Crippen LogP contribution in [-0.4, -0.2) is 141 Å². The normalized spacial score (nSPS) is 50.0. The number of nitrogens with two attached hydrogens (primary N) is 6. The summed E-state index contributed by atoms with van der Waals surface area (Å²) in [6.07, 6.45) is -16.4. The molecule has 2 heterocycles. The SMILES string of the molecule is NC[C@H]1O[C@H](O[C@H]2[C@H](O)[C@@H](OC3O[C@H](CN=C(N)N)[C@@H](O)[C@H](N)[C@H]3O)[C@H](N)C[C@@H]2N)[C@H](O)[C@@H](O)[C@@H]1O. The molecule has 0 radical (unpaired) electrons. The van der Waals surface area contributed by atoms with Crippen molar-refractivity contribution in [1.29, 1.82) is 0 Å². The molecule has 1 saturated carbocycles. The zero-order valence-electron chi connectivity index (χ0n) is 19.5. The van der Waals surface area contributed by atoms with Crippen LogP contribution in [0.1, 0.15) is 6.42 Å². The third-order valence-electron chi connectivity index (χ3n) is 6.76. The van der Waals surface area contributed by atoms with E-state index in [-0.39, 0.29) is 25.5 Å². The fraction of sp³-hybridized carbons (Fsp3) is 0.947. The summed E-state index contributed by atoms with van der Waals surface area (Å²) in [6.45, 7) is -0.349. The maximum atomic E-state index is 11.0. The van der Waals surface area contributed by atoms with Crippen LogP contribution >= 0.6 is 0 Å². The van der Waals surface area contributed by atoms with Crippen LogP contribution in [0.25, 0.3) is 0 Å². The Labute approximate surface area is 206 Å². The van der Waals surface area contributed by atoms with Gasteiger partial charge in [-0.3, -0.25) is 4.99 Å². The van der Waals surface area contributed by atoms with Gasteiger partial charge in [0.2, 0.25) is 0 Å². The molecule has 36 heavy (non-hydrogen) atoms. The lowest BCUT2D eigenvalue weighted by atomic mass is 9.84. The molecule has 2 saturated heterocycles. The van der Waals surface area contributed by atoms with Crippen molar-refractivity contribution in [2.75, 3.05) is 13.1 Å². The Hall–Kier alpha value is -1.29. The van der Waals surface area contributed by atoms with Crippen molar-refractivity contribution in [3.8, 4) is 0 Å². The molecule has 0 aromatic rings. The van der Waals surface area contributed by atoms with Crippen LogP contribution in [0.3, 0.4) is 0 Å². The number of aliphatic imine (C=N–C) groups is 1. The van der Waals surface area contributed by atoms with Gasteiger partial charge in [0.1, 0.15) is 54.9 Å². The first-order valence-electron chi connectivity index (χ1n) is 11.6. The van der Waals surface area contributed by atoms with Gasteiger partial charge in [-0.2, -0.15) is 0 Å². The maximum absolute atomic E-state index is 11.0. The quantitative estimate of drug-likeness (QED) is 0.108. The largest absolute Gasteiger partial charge is 0.389 e. The van der Waals surface area contributed by atoms with Crippen LogP contribution in [0.15, 0.2) is 4.99 Å². The highest BCUT2D eigenvalue weighted by Gasteiger charge is 2.51. The summed E-state index contributed by atoms with van der Waals surface area (Å²) in [5.74, 6) is -0.247. The molecular formula is C19H39N7O10. The summed E-state index contributed by atoms with van der Waals surface area (Å²) in [7, 11) is 0. The molecule has 17 heteroatoms. The van der Waals surface area contributed by atoms with E-state index < -0.39 is 91.7 Å². The van der Waals surface area contributed by atoms with Gasteiger partial charge in [-0.1, -0.05) is 0 Å². The van der Waals surface area contributed by atoms with Crippen molar-refractivity contribution < 1.29 is 49.6 Å². The number of hydrogen-bond donors (Lipinski definition) is 12. The van der Waals surface area contributed by atoms with Crippen LogP contribution in [0.4, 0.5) is 0 Å². The van der Waals surface area contributed by atoms with E-state index in [0.29, 0.717) is 0 Å². The highest BCUT2D eigenvalue weighted by atomic mass is 16.7. The number of rotatable bonds is 7. The minimum absolute atomic E-state index is 0.0790. The fourth-order valence-corrected chi connectivity index (χ4v) is 4.60. The number of aliphatic hydroxyl groups is 6. The summed E-state index contributed by atoms with van der Waals surface area (Å²) >= 11 is 0. The number of hydrogen-bond acceptors (Lipinski definition) is 15. The van der Waals surface area contributed by atoms with Crippen LogP contribution in [0.5, 0.6) is 0 Å². The van der Waals surface area contributed by atoms with Gasteiger partial charge in [0.05, 0.1) is 18.7 Å². The minimum Gasteiger partial charge on any atom is -0.389 e. The molecule has 0 aromatic heterocycles. The van der Waals surface area contributed by atoms with Gasteiger partial charge in [-0.05, 0) is 6.42 Å². The Morgan fingerprint density at radius 2 is 1.25 bits per heavy atom. The Bertz CT molecular complexity index is 749. The summed E-state index contributed by atoms with van der Waals surface area (Å²) in [5, 5.41) is 62.3. The van der Waals surface area contributed by atoms with Crippen molar-refractivity contribution in [1.82, 2.24) is 0 Å². The third kappa shape index (κ3) is 6.05. The molecule has 210 valence electrons. The third-order valence-corrected chi connectivity index (χ3v) is 6.76. The van der Waals surface area contributed by atoms with Crippen LogP contribution < -0.4 is 34.4 Å². The smallest absolute Gasteiger partial charge is 0.187 e. The first kappa shape index (κ1) is 29.3. The Balaban J connectivity index is 1.73. The zero-order valence-corrected chi connectivity index (χ0v) is 19.5. The summed E-state index contributed by atoms with van der Waals surface area (Å²) in [5.41, 5.74) is 34.4. The van der Waals surface area contributed by atoms with Crippen LogP contribution in [-0.2, 0) is 18.9 Å². The van der Waals surface area contributed by atoms with Crippen LogP contribution in [0, 0.1) is 0 Å². The molecule has 0 aromatic carbocycles. The lowest BCUT2D eigenvalue weighted by Crippen LogP contribution is -2.68. The van der Waals surface area contributed by atoms with Gasteiger partial charge in [0, 0.05) is 18.6 Å². The number of guanidine groups is 1. The average Bonchev–Trinajstić information content (AvgIpc) is 2.83. The van der Waals surface area contributed by atoms with Crippen molar-refractivity contribution >= 4 is 5.96 Å². The summed E-state index contributed by atoms with van der Waals surface area (Å²) in [4.78, 5) is 3.79. The molecule has 0 amide bonds. The van der Waals surface area contributed by atoms with Gasteiger partial charge >= 0.3 is 0 Å². The monoisotopic (exact) mass is 525 g/mol. The van der Waals surface area contributed by atoms with Crippen molar-refractivity contribution in [3.05, 3.63) is 0 Å². The molecule has 17 nitrogen and oxygen atoms in total. The van der Waals surface area contributed by atoms with E-state index in [1.165, 1.54) is 0 Å². The standard InChI is InChI=1S/C19H39N7O10/c20-2-6-10(28)12(30)13(31)18(33-6)36-16-5(22)1-4(21)15(14(16)32)35-17-11(29)8(23)9(27)7(34-17)3-26-19(24)25/h4-18,27-32H,1-3,20-23H2,(H4,24,25,26)/t4-,5+,6-,7-,8+,9-,10-,11-,12+,13-,14-,15+,16-,17?,18-/m1/s1.